The monoisotopic (exact) mass is 237 g/mol. The van der Waals surface area contributed by atoms with E-state index < -0.39 is 0 Å². The van der Waals surface area contributed by atoms with Crippen molar-refractivity contribution in [2.45, 2.75) is 38.1 Å². The highest BCUT2D eigenvalue weighted by molar-refractivity contribution is 5.16. The number of nitrogens with two attached hydrogens (primary N) is 1. The minimum absolute atomic E-state index is 0.209. The quantitative estimate of drug-likeness (QED) is 0.843. The third-order valence-corrected chi connectivity index (χ3v) is 3.31. The first-order valence-electron chi connectivity index (χ1n) is 6.12. The lowest BCUT2D eigenvalue weighted by molar-refractivity contribution is 0.383. The highest BCUT2D eigenvalue weighted by Crippen LogP contribution is 2.29. The van der Waals surface area contributed by atoms with E-state index in [2.05, 4.69) is 4.98 Å². The second-order valence-corrected chi connectivity index (χ2v) is 4.42. The van der Waals surface area contributed by atoms with Crippen molar-refractivity contribution in [3.05, 3.63) is 22.2 Å². The Balaban J connectivity index is 2.43. The molecule has 1 fully saturated rings. The molecule has 5 heteroatoms. The maximum atomic E-state index is 12.0. The number of aromatic nitrogens is 2. The lowest BCUT2D eigenvalue weighted by atomic mass is 10.2. The predicted molar refractivity (Wildman–Crippen MR) is 65.3 cm³/mol. The van der Waals surface area contributed by atoms with Crippen molar-refractivity contribution >= 4 is 0 Å². The third-order valence-electron chi connectivity index (χ3n) is 3.31. The lowest BCUT2D eigenvalue weighted by Crippen LogP contribution is -2.30. The molecule has 94 valence electrons. The lowest BCUT2D eigenvalue weighted by Gasteiger charge is -2.18. The van der Waals surface area contributed by atoms with Gasteiger partial charge in [0.25, 0.3) is 0 Å². The van der Waals surface area contributed by atoms with Crippen LogP contribution in [-0.4, -0.2) is 23.2 Å². The van der Waals surface area contributed by atoms with E-state index in [-0.39, 0.29) is 5.69 Å². The van der Waals surface area contributed by atoms with Crippen LogP contribution in [0.15, 0.2) is 10.9 Å². The molecule has 1 aromatic rings. The van der Waals surface area contributed by atoms with Crippen LogP contribution in [0.25, 0.3) is 0 Å². The van der Waals surface area contributed by atoms with Gasteiger partial charge in [-0.3, -0.25) is 4.57 Å². The summed E-state index contributed by atoms with van der Waals surface area (Å²) in [6.45, 7) is 0.527. The molecular formula is C12H19N3O2. The number of hydrogen-bond acceptors (Lipinski definition) is 4. The molecule has 0 spiro atoms. The van der Waals surface area contributed by atoms with Crippen LogP contribution in [0.3, 0.4) is 0 Å². The summed E-state index contributed by atoms with van der Waals surface area (Å²) in [5, 5.41) is 0. The molecule has 0 aromatic carbocycles. The van der Waals surface area contributed by atoms with E-state index in [0.29, 0.717) is 24.9 Å². The average molecular weight is 237 g/mol. The zero-order valence-corrected chi connectivity index (χ0v) is 10.2. The molecule has 1 heterocycles. The number of methoxy groups -OCH3 is 1. The fourth-order valence-corrected chi connectivity index (χ4v) is 2.51. The van der Waals surface area contributed by atoms with Gasteiger partial charge in [-0.15, -0.1) is 0 Å². The van der Waals surface area contributed by atoms with Gasteiger partial charge in [0.1, 0.15) is 0 Å². The van der Waals surface area contributed by atoms with Gasteiger partial charge in [-0.2, -0.15) is 4.98 Å². The van der Waals surface area contributed by atoms with Gasteiger partial charge in [-0.25, -0.2) is 4.79 Å². The number of ether oxygens (including phenoxy) is 1. The molecule has 0 bridgehead atoms. The summed E-state index contributed by atoms with van der Waals surface area (Å²) in [5.41, 5.74) is 6.33. The van der Waals surface area contributed by atoms with Crippen LogP contribution in [-0.2, 0) is 6.42 Å². The van der Waals surface area contributed by atoms with Crippen molar-refractivity contribution in [1.82, 2.24) is 9.55 Å². The van der Waals surface area contributed by atoms with Crippen LogP contribution in [0, 0.1) is 0 Å². The molecule has 5 nitrogen and oxygen atoms in total. The fourth-order valence-electron chi connectivity index (χ4n) is 2.51. The van der Waals surface area contributed by atoms with Gasteiger partial charge in [0, 0.05) is 24.2 Å². The van der Waals surface area contributed by atoms with Gasteiger partial charge in [0.2, 0.25) is 5.88 Å². The average Bonchev–Trinajstić information content (AvgIpc) is 2.82. The first-order chi connectivity index (χ1) is 8.26. The van der Waals surface area contributed by atoms with Crippen molar-refractivity contribution < 1.29 is 4.74 Å². The highest BCUT2D eigenvalue weighted by Gasteiger charge is 2.21. The van der Waals surface area contributed by atoms with Crippen molar-refractivity contribution in [3.63, 3.8) is 0 Å². The molecule has 0 aliphatic heterocycles. The maximum Gasteiger partial charge on any atom is 0.351 e. The Kier molecular flexibility index (Phi) is 3.78. The summed E-state index contributed by atoms with van der Waals surface area (Å²) < 4.78 is 6.84. The van der Waals surface area contributed by atoms with Gasteiger partial charge in [-0.1, -0.05) is 12.8 Å². The Hall–Kier alpha value is -1.36. The predicted octanol–water partition coefficient (Wildman–Crippen LogP) is 0.868. The summed E-state index contributed by atoms with van der Waals surface area (Å²) in [6, 6.07) is 2.12. The minimum atomic E-state index is -0.209. The first-order valence-corrected chi connectivity index (χ1v) is 6.12. The SMILES string of the molecule is COc1cc(CCN)n(C2CCCC2)c(=O)n1. The molecule has 2 N–H and O–H groups in total. The van der Waals surface area contributed by atoms with Crippen LogP contribution in [0.4, 0.5) is 0 Å². The molecule has 1 aromatic heterocycles. The molecule has 1 aliphatic carbocycles. The number of rotatable bonds is 4. The van der Waals surface area contributed by atoms with Crippen molar-refractivity contribution in [1.29, 1.82) is 0 Å². The van der Waals surface area contributed by atoms with E-state index in [0.717, 1.165) is 18.5 Å². The van der Waals surface area contributed by atoms with Crippen LogP contribution >= 0.6 is 0 Å². The molecule has 1 saturated carbocycles. The molecule has 1 aliphatic rings. The van der Waals surface area contributed by atoms with Crippen molar-refractivity contribution in [3.8, 4) is 5.88 Å². The Morgan fingerprint density at radius 1 is 1.53 bits per heavy atom. The Bertz CT molecular complexity index is 436. The van der Waals surface area contributed by atoms with E-state index in [4.69, 9.17) is 10.5 Å². The van der Waals surface area contributed by atoms with E-state index in [9.17, 15) is 4.79 Å². The van der Waals surface area contributed by atoms with E-state index in [1.54, 1.807) is 0 Å². The van der Waals surface area contributed by atoms with Crippen LogP contribution in [0.1, 0.15) is 37.4 Å². The minimum Gasteiger partial charge on any atom is -0.481 e. The molecule has 0 atom stereocenters. The second-order valence-electron chi connectivity index (χ2n) is 4.42. The Labute approximate surface area is 101 Å². The zero-order valence-electron chi connectivity index (χ0n) is 10.2. The van der Waals surface area contributed by atoms with Gasteiger partial charge < -0.3 is 10.5 Å². The number of hydrogen-bond donors (Lipinski definition) is 1. The number of nitrogens with zero attached hydrogens (tertiary/aromatic N) is 2. The van der Waals surface area contributed by atoms with Crippen molar-refractivity contribution in [2.24, 2.45) is 5.73 Å². The van der Waals surface area contributed by atoms with Crippen molar-refractivity contribution in [2.75, 3.05) is 13.7 Å². The van der Waals surface area contributed by atoms with Gasteiger partial charge in [0.15, 0.2) is 0 Å². The van der Waals surface area contributed by atoms with Gasteiger partial charge in [0.05, 0.1) is 7.11 Å². The van der Waals surface area contributed by atoms with Crippen LogP contribution in [0.5, 0.6) is 5.88 Å². The first kappa shape index (κ1) is 12.1. The maximum absolute atomic E-state index is 12.0. The fraction of sp³-hybridized carbons (Fsp3) is 0.667. The highest BCUT2D eigenvalue weighted by atomic mass is 16.5. The zero-order chi connectivity index (χ0) is 12.3. The smallest absolute Gasteiger partial charge is 0.351 e. The summed E-state index contributed by atoms with van der Waals surface area (Å²) in [7, 11) is 1.52. The molecule has 17 heavy (non-hydrogen) atoms. The van der Waals surface area contributed by atoms with Gasteiger partial charge >= 0.3 is 5.69 Å². The van der Waals surface area contributed by atoms with E-state index >= 15 is 0 Å². The van der Waals surface area contributed by atoms with Crippen LogP contribution in [0.2, 0.25) is 0 Å². The molecule has 0 radical (unpaired) electrons. The summed E-state index contributed by atoms with van der Waals surface area (Å²) in [4.78, 5) is 15.9. The largest absolute Gasteiger partial charge is 0.481 e. The topological polar surface area (TPSA) is 70.1 Å². The standard InChI is InChI=1S/C12H19N3O2/c1-17-11-8-10(6-7-13)15(12(16)14-11)9-4-2-3-5-9/h8-9H,2-7,13H2,1H3. The van der Waals surface area contributed by atoms with Gasteiger partial charge in [-0.05, 0) is 19.4 Å². The summed E-state index contributed by atoms with van der Waals surface area (Å²) >= 11 is 0. The third kappa shape index (κ3) is 2.49. The van der Waals surface area contributed by atoms with E-state index in [1.165, 1.54) is 20.0 Å². The van der Waals surface area contributed by atoms with E-state index in [1.807, 2.05) is 10.6 Å². The molecule has 2 rings (SSSR count). The Morgan fingerprint density at radius 3 is 2.82 bits per heavy atom. The normalized spacial score (nSPS) is 16.4. The molecule has 0 amide bonds. The molecule has 0 saturated heterocycles. The summed E-state index contributed by atoms with van der Waals surface area (Å²) in [5.74, 6) is 0.382. The Morgan fingerprint density at radius 2 is 2.24 bits per heavy atom. The van der Waals surface area contributed by atoms with Crippen LogP contribution < -0.4 is 16.2 Å². The summed E-state index contributed by atoms with van der Waals surface area (Å²) in [6.07, 6.45) is 5.18. The second kappa shape index (κ2) is 5.31. The molecule has 0 unspecified atom stereocenters. The molecular weight excluding hydrogens is 218 g/mol.